The van der Waals surface area contributed by atoms with Crippen molar-refractivity contribution in [3.63, 3.8) is 0 Å². The number of furan rings is 1. The van der Waals surface area contributed by atoms with Gasteiger partial charge >= 0.3 is 0 Å². The molecule has 3 unspecified atom stereocenters. The number of hydrogen-bond donors (Lipinski definition) is 2. The first-order valence-electron chi connectivity index (χ1n) is 7.42. The van der Waals surface area contributed by atoms with Gasteiger partial charge < -0.3 is 19.8 Å². The van der Waals surface area contributed by atoms with E-state index in [2.05, 4.69) is 10.6 Å². The van der Waals surface area contributed by atoms with Gasteiger partial charge in [-0.15, -0.1) is 0 Å². The fourth-order valence-electron chi connectivity index (χ4n) is 2.82. The molecule has 5 heteroatoms. The summed E-state index contributed by atoms with van der Waals surface area (Å²) in [6, 6.07) is 3.77. The van der Waals surface area contributed by atoms with E-state index in [9.17, 15) is 4.79 Å². The van der Waals surface area contributed by atoms with Gasteiger partial charge in [-0.1, -0.05) is 0 Å². The van der Waals surface area contributed by atoms with Crippen molar-refractivity contribution in [3.05, 3.63) is 24.2 Å². The molecule has 2 heterocycles. The largest absolute Gasteiger partial charge is 0.467 e. The number of rotatable bonds is 6. The Balaban J connectivity index is 1.45. The number of carbonyl (C=O) groups excluding carboxylic acids is 1. The third kappa shape index (κ3) is 3.22. The molecule has 0 aromatic carbocycles. The van der Waals surface area contributed by atoms with E-state index in [4.69, 9.17) is 9.15 Å². The minimum absolute atomic E-state index is 0.00264. The highest BCUT2D eigenvalue weighted by Gasteiger charge is 2.41. The first kappa shape index (κ1) is 13.6. The molecule has 1 saturated heterocycles. The van der Waals surface area contributed by atoms with Crippen LogP contribution in [-0.2, 0) is 16.1 Å². The van der Waals surface area contributed by atoms with E-state index in [1.165, 1.54) is 12.8 Å². The Kier molecular flexibility index (Phi) is 4.08. The van der Waals surface area contributed by atoms with Crippen molar-refractivity contribution in [2.45, 2.75) is 50.9 Å². The summed E-state index contributed by atoms with van der Waals surface area (Å²) < 4.78 is 11.0. The fraction of sp³-hybridized carbons (Fsp3) is 0.667. The molecule has 1 aromatic heterocycles. The molecule has 1 aliphatic carbocycles. The summed E-state index contributed by atoms with van der Waals surface area (Å²) in [5, 5.41) is 6.29. The van der Waals surface area contributed by atoms with Crippen molar-refractivity contribution in [3.8, 4) is 0 Å². The molecule has 0 bridgehead atoms. The van der Waals surface area contributed by atoms with Gasteiger partial charge in [0.25, 0.3) is 0 Å². The first-order chi connectivity index (χ1) is 9.74. The van der Waals surface area contributed by atoms with Crippen LogP contribution < -0.4 is 10.6 Å². The van der Waals surface area contributed by atoms with Crippen molar-refractivity contribution in [1.29, 1.82) is 0 Å². The van der Waals surface area contributed by atoms with Gasteiger partial charge in [0, 0.05) is 12.6 Å². The maximum Gasteiger partial charge on any atom is 0.237 e. The zero-order valence-corrected chi connectivity index (χ0v) is 11.8. The topological polar surface area (TPSA) is 63.5 Å². The molecule has 1 saturated carbocycles. The van der Waals surface area contributed by atoms with Crippen molar-refractivity contribution in [1.82, 2.24) is 10.6 Å². The van der Waals surface area contributed by atoms with E-state index in [0.717, 1.165) is 18.8 Å². The number of hydrogen-bond acceptors (Lipinski definition) is 4. The first-order valence-corrected chi connectivity index (χ1v) is 7.42. The fourth-order valence-corrected chi connectivity index (χ4v) is 2.82. The summed E-state index contributed by atoms with van der Waals surface area (Å²) >= 11 is 0. The molecule has 1 aromatic rings. The Morgan fingerprint density at radius 2 is 2.30 bits per heavy atom. The molecule has 3 rings (SSSR count). The summed E-state index contributed by atoms with van der Waals surface area (Å²) in [4.78, 5) is 12.1. The van der Waals surface area contributed by atoms with Crippen LogP contribution in [0.2, 0.25) is 0 Å². The Hall–Kier alpha value is -1.33. The molecule has 1 amide bonds. The highest BCUT2D eigenvalue weighted by Crippen LogP contribution is 2.38. The van der Waals surface area contributed by atoms with E-state index in [-0.39, 0.29) is 11.9 Å². The standard InChI is InChI=1S/C15H22N2O3/c1-10(15(18)16-9-12-3-2-7-19-12)17-13-6-8-20-14(13)11-4-5-11/h2-3,7,10-11,13-14,17H,4-6,8-9H2,1H3,(H,16,18). The SMILES string of the molecule is CC(NC1CCOC1C1CC1)C(=O)NCc1ccco1. The van der Waals surface area contributed by atoms with Crippen LogP contribution in [0.4, 0.5) is 0 Å². The number of nitrogens with one attached hydrogen (secondary N) is 2. The number of ether oxygens (including phenoxy) is 1. The Bertz CT molecular complexity index is 442. The summed E-state index contributed by atoms with van der Waals surface area (Å²) in [7, 11) is 0. The van der Waals surface area contributed by atoms with Crippen LogP contribution in [0.1, 0.15) is 31.9 Å². The van der Waals surface area contributed by atoms with Crippen LogP contribution in [0.5, 0.6) is 0 Å². The smallest absolute Gasteiger partial charge is 0.237 e. The lowest BCUT2D eigenvalue weighted by Gasteiger charge is -2.23. The van der Waals surface area contributed by atoms with E-state index < -0.39 is 0 Å². The molecule has 2 aliphatic rings. The lowest BCUT2D eigenvalue weighted by molar-refractivity contribution is -0.123. The molecular formula is C15H22N2O3. The lowest BCUT2D eigenvalue weighted by Crippen LogP contribution is -2.49. The van der Waals surface area contributed by atoms with Crippen molar-refractivity contribution >= 4 is 5.91 Å². The Morgan fingerprint density at radius 3 is 3.00 bits per heavy atom. The average molecular weight is 278 g/mol. The van der Waals surface area contributed by atoms with Gasteiger partial charge in [-0.25, -0.2) is 0 Å². The average Bonchev–Trinajstić information content (AvgIpc) is 2.97. The Labute approximate surface area is 119 Å². The second-order valence-electron chi connectivity index (χ2n) is 5.75. The molecule has 3 atom stereocenters. The number of carbonyl (C=O) groups is 1. The molecule has 1 aliphatic heterocycles. The van der Waals surface area contributed by atoms with Crippen LogP contribution in [0.3, 0.4) is 0 Å². The molecule has 0 radical (unpaired) electrons. The molecule has 5 nitrogen and oxygen atoms in total. The molecule has 110 valence electrons. The Morgan fingerprint density at radius 1 is 1.45 bits per heavy atom. The van der Waals surface area contributed by atoms with Gasteiger partial charge in [0.05, 0.1) is 25.0 Å². The zero-order chi connectivity index (χ0) is 13.9. The van der Waals surface area contributed by atoms with Crippen LogP contribution >= 0.6 is 0 Å². The zero-order valence-electron chi connectivity index (χ0n) is 11.8. The third-order valence-electron chi connectivity index (χ3n) is 4.10. The van der Waals surface area contributed by atoms with Gasteiger partial charge in [-0.3, -0.25) is 4.79 Å². The van der Waals surface area contributed by atoms with Crippen molar-refractivity contribution in [2.75, 3.05) is 6.61 Å². The summed E-state index contributed by atoms with van der Waals surface area (Å²) in [6.45, 7) is 3.14. The highest BCUT2D eigenvalue weighted by atomic mass is 16.5. The van der Waals surface area contributed by atoms with Crippen molar-refractivity contribution < 1.29 is 13.9 Å². The maximum atomic E-state index is 12.1. The molecule has 0 spiro atoms. The van der Waals surface area contributed by atoms with Gasteiger partial charge in [0.2, 0.25) is 5.91 Å². The highest BCUT2D eigenvalue weighted by molar-refractivity contribution is 5.81. The predicted molar refractivity (Wildman–Crippen MR) is 74.0 cm³/mol. The third-order valence-corrected chi connectivity index (χ3v) is 4.10. The molecule has 20 heavy (non-hydrogen) atoms. The minimum atomic E-state index is -0.210. The van der Waals surface area contributed by atoms with E-state index in [1.807, 2.05) is 19.1 Å². The summed E-state index contributed by atoms with van der Waals surface area (Å²) in [5.74, 6) is 1.47. The normalized spacial score (nSPS) is 27.4. The molecular weight excluding hydrogens is 256 g/mol. The summed E-state index contributed by atoms with van der Waals surface area (Å²) in [6.07, 6.45) is 5.44. The molecule has 2 fully saturated rings. The van der Waals surface area contributed by atoms with E-state index >= 15 is 0 Å². The number of amides is 1. The van der Waals surface area contributed by atoms with Crippen LogP contribution in [0, 0.1) is 5.92 Å². The quantitative estimate of drug-likeness (QED) is 0.826. The van der Waals surface area contributed by atoms with E-state index in [1.54, 1.807) is 6.26 Å². The van der Waals surface area contributed by atoms with Gasteiger partial charge in [0.1, 0.15) is 5.76 Å². The lowest BCUT2D eigenvalue weighted by atomic mass is 10.1. The second kappa shape index (κ2) is 5.97. The van der Waals surface area contributed by atoms with Gasteiger partial charge in [-0.05, 0) is 44.2 Å². The van der Waals surface area contributed by atoms with E-state index in [0.29, 0.717) is 24.6 Å². The maximum absolute atomic E-state index is 12.1. The predicted octanol–water partition coefficient (Wildman–Crippen LogP) is 1.44. The monoisotopic (exact) mass is 278 g/mol. The van der Waals surface area contributed by atoms with Crippen LogP contribution in [0.15, 0.2) is 22.8 Å². The summed E-state index contributed by atoms with van der Waals surface area (Å²) in [5.41, 5.74) is 0. The van der Waals surface area contributed by atoms with Gasteiger partial charge in [0.15, 0.2) is 0 Å². The molecule has 2 N–H and O–H groups in total. The van der Waals surface area contributed by atoms with Gasteiger partial charge in [-0.2, -0.15) is 0 Å². The van der Waals surface area contributed by atoms with Crippen LogP contribution in [-0.4, -0.2) is 30.7 Å². The minimum Gasteiger partial charge on any atom is -0.467 e. The van der Waals surface area contributed by atoms with Crippen LogP contribution in [0.25, 0.3) is 0 Å². The second-order valence-corrected chi connectivity index (χ2v) is 5.75. The van der Waals surface area contributed by atoms with Crippen molar-refractivity contribution in [2.24, 2.45) is 5.92 Å².